The molecule has 2 aliphatic rings. The van der Waals surface area contributed by atoms with Crippen molar-refractivity contribution in [3.8, 4) is 23.0 Å². The van der Waals surface area contributed by atoms with Crippen LogP contribution < -0.4 is 28.7 Å². The van der Waals surface area contributed by atoms with Crippen molar-refractivity contribution < 1.29 is 114 Å². The van der Waals surface area contributed by atoms with Crippen molar-refractivity contribution in [2.75, 3.05) is 76.4 Å². The Balaban J connectivity index is 1.50. The van der Waals surface area contributed by atoms with Crippen LogP contribution in [0.1, 0.15) is 125 Å². The van der Waals surface area contributed by atoms with Crippen LogP contribution >= 0.6 is 0 Å². The van der Waals surface area contributed by atoms with Crippen LogP contribution in [0.5, 0.6) is 23.0 Å². The summed E-state index contributed by atoms with van der Waals surface area (Å²) in [4.78, 5) is 142. The fraction of sp³-hybridized carbons (Fsp3) is 0.417. The molecule has 1 aliphatic heterocycles. The Kier molecular flexibility index (Phi) is 22.6. The Morgan fingerprint density at radius 2 is 0.849 bits per heavy atom. The number of ether oxygens (including phenoxy) is 13. The van der Waals surface area contributed by atoms with Crippen LogP contribution in [0.2, 0.25) is 0 Å². The number of esters is 11. The summed E-state index contributed by atoms with van der Waals surface area (Å²) < 4.78 is 70.6. The standard InChI is InChI=1S/C60H66N2O24/c1-10-12-52(67)84-40-15-17-43-46(23-40)59(8,9)47-24-41(85-53(68)13-11-2)16-18-44(47)60(43)45-26-51(49(25-42(45)58(73)86-60)62(29-56(71)82-33-78-38(6)65)30-57(72)83-34-79-39(7)66)75-21-20-74-50-22-35(3)14-19-48(50)61(27-54(69)80-31-76-36(4)63)28-55(70)81-32-77-37(5)64/h14-19,22-26H,10-13,20-21,27-34H2,1-9H3. The number of fused-ring (bicyclic) bond motifs is 6. The second-order valence-electron chi connectivity index (χ2n) is 19.9. The lowest BCUT2D eigenvalue weighted by atomic mass is 9.61. The summed E-state index contributed by atoms with van der Waals surface area (Å²) in [5.41, 5.74) is -0.105. The molecule has 0 atom stereocenters. The Morgan fingerprint density at radius 1 is 0.453 bits per heavy atom. The predicted octanol–water partition coefficient (Wildman–Crippen LogP) is 5.83. The third kappa shape index (κ3) is 17.0. The maximum atomic E-state index is 14.8. The molecular formula is C60H66N2O24. The van der Waals surface area contributed by atoms with Gasteiger partial charge in [0.05, 0.1) is 16.9 Å². The van der Waals surface area contributed by atoms with E-state index in [9.17, 15) is 52.7 Å². The Bertz CT molecular complexity index is 3120. The molecule has 6 rings (SSSR count). The molecule has 1 aliphatic carbocycles. The van der Waals surface area contributed by atoms with Crippen LogP contribution in [0.3, 0.4) is 0 Å². The summed E-state index contributed by atoms with van der Waals surface area (Å²) in [5.74, 6) is -8.46. The molecule has 0 saturated heterocycles. The monoisotopic (exact) mass is 1200 g/mol. The maximum absolute atomic E-state index is 14.8. The SMILES string of the molecule is CCCC(=O)Oc1ccc2c(c1)C(C)(C)c1cc(OC(=O)CCC)ccc1C21OC(=O)c2cc(N(CC(=O)OCOC(C)=O)CC(=O)OCOC(C)=O)c(OCCOc3cc(C)ccc3N(CC(=O)OCOC(C)=O)CC(=O)OCOC(C)=O)cc21. The van der Waals surface area contributed by atoms with Crippen molar-refractivity contribution in [1.82, 2.24) is 0 Å². The van der Waals surface area contributed by atoms with Gasteiger partial charge in [0.15, 0.2) is 5.60 Å². The third-order valence-corrected chi connectivity index (χ3v) is 13.0. The number of hydrogen-bond donors (Lipinski definition) is 0. The first kappa shape index (κ1) is 65.4. The number of hydrogen-bond acceptors (Lipinski definition) is 26. The molecule has 0 amide bonds. The van der Waals surface area contributed by atoms with Gasteiger partial charge in [-0.3, -0.25) is 47.9 Å². The molecule has 0 aromatic heterocycles. The molecule has 86 heavy (non-hydrogen) atoms. The van der Waals surface area contributed by atoms with Gasteiger partial charge in [-0.15, -0.1) is 0 Å². The van der Waals surface area contributed by atoms with Gasteiger partial charge in [0.1, 0.15) is 62.4 Å². The third-order valence-electron chi connectivity index (χ3n) is 13.0. The minimum Gasteiger partial charge on any atom is -0.488 e. The number of nitrogens with zero attached hydrogens (tertiary/aromatic N) is 2. The molecule has 26 heteroatoms. The summed E-state index contributed by atoms with van der Waals surface area (Å²) in [6.45, 7) is 6.98. The fourth-order valence-electron chi connectivity index (χ4n) is 9.20. The summed E-state index contributed by atoms with van der Waals surface area (Å²) >= 11 is 0. The van der Waals surface area contributed by atoms with Gasteiger partial charge in [0, 0.05) is 62.6 Å². The highest BCUT2D eigenvalue weighted by molar-refractivity contribution is 5.99. The first-order valence-corrected chi connectivity index (χ1v) is 27.0. The Labute approximate surface area is 494 Å². The summed E-state index contributed by atoms with van der Waals surface area (Å²) in [6, 6.07) is 17.4. The smallest absolute Gasteiger partial charge is 0.340 e. The predicted molar refractivity (Wildman–Crippen MR) is 295 cm³/mol. The number of carbonyl (C=O) groups excluding carboxylic acids is 11. The molecule has 460 valence electrons. The zero-order chi connectivity index (χ0) is 62.9. The van der Waals surface area contributed by atoms with Gasteiger partial charge in [0.2, 0.25) is 27.2 Å². The molecule has 0 bridgehead atoms. The topological polar surface area (TPSA) is 314 Å². The summed E-state index contributed by atoms with van der Waals surface area (Å²) in [5, 5.41) is 0. The van der Waals surface area contributed by atoms with E-state index < -0.39 is 130 Å². The van der Waals surface area contributed by atoms with Crippen molar-refractivity contribution >= 4 is 77.0 Å². The van der Waals surface area contributed by atoms with Gasteiger partial charge in [-0.05, 0) is 85.0 Å². The van der Waals surface area contributed by atoms with Gasteiger partial charge in [-0.1, -0.05) is 45.9 Å². The molecule has 1 spiro atoms. The van der Waals surface area contributed by atoms with E-state index in [4.69, 9.17) is 61.6 Å². The lowest BCUT2D eigenvalue weighted by Crippen LogP contribution is -2.41. The van der Waals surface area contributed by atoms with Gasteiger partial charge >= 0.3 is 65.7 Å². The van der Waals surface area contributed by atoms with Crippen LogP contribution in [0.25, 0.3) is 0 Å². The van der Waals surface area contributed by atoms with E-state index in [-0.39, 0.29) is 71.6 Å². The van der Waals surface area contributed by atoms with Crippen LogP contribution in [0, 0.1) is 6.92 Å². The number of rotatable bonds is 29. The lowest BCUT2D eigenvalue weighted by molar-refractivity contribution is -0.167. The van der Waals surface area contributed by atoms with Crippen LogP contribution in [-0.2, 0) is 102 Å². The lowest BCUT2D eigenvalue weighted by Gasteiger charge is -2.44. The fourth-order valence-corrected chi connectivity index (χ4v) is 9.20. The van der Waals surface area contributed by atoms with Crippen molar-refractivity contribution in [1.29, 1.82) is 0 Å². The van der Waals surface area contributed by atoms with Crippen molar-refractivity contribution in [3.05, 3.63) is 106 Å². The minimum atomic E-state index is -1.84. The second kappa shape index (κ2) is 29.7. The second-order valence-corrected chi connectivity index (χ2v) is 19.9. The largest absolute Gasteiger partial charge is 0.488 e. The van der Waals surface area contributed by atoms with E-state index in [1.807, 2.05) is 27.7 Å². The van der Waals surface area contributed by atoms with Crippen molar-refractivity contribution in [2.45, 2.75) is 99.0 Å². The van der Waals surface area contributed by atoms with Gasteiger partial charge in [-0.25, -0.2) is 4.79 Å². The van der Waals surface area contributed by atoms with Gasteiger partial charge in [0.25, 0.3) is 0 Å². The Hall–Kier alpha value is -9.75. The molecule has 0 fully saturated rings. The zero-order valence-electron chi connectivity index (χ0n) is 48.9. The van der Waals surface area contributed by atoms with E-state index in [0.29, 0.717) is 40.7 Å². The average Bonchev–Trinajstić information content (AvgIpc) is 1.34. The Morgan fingerprint density at radius 3 is 1.24 bits per heavy atom. The highest BCUT2D eigenvalue weighted by atomic mass is 16.7. The molecular weight excluding hydrogens is 1130 g/mol. The van der Waals surface area contributed by atoms with Crippen molar-refractivity contribution in [3.63, 3.8) is 0 Å². The molecule has 0 radical (unpaired) electrons. The normalized spacial score (nSPS) is 12.7. The number of carbonyl (C=O) groups is 11. The van der Waals surface area contributed by atoms with E-state index in [1.54, 1.807) is 55.5 Å². The molecule has 0 N–H and O–H groups in total. The quantitative estimate of drug-likeness (QED) is 0.0203. The van der Waals surface area contributed by atoms with E-state index in [2.05, 4.69) is 0 Å². The molecule has 0 unspecified atom stereocenters. The maximum Gasteiger partial charge on any atom is 0.340 e. The number of benzene rings is 4. The average molecular weight is 1200 g/mol. The first-order chi connectivity index (χ1) is 40.9. The van der Waals surface area contributed by atoms with Crippen LogP contribution in [-0.4, -0.2) is 132 Å². The minimum absolute atomic E-state index is 0.0893. The molecule has 4 aromatic rings. The number of anilines is 2. The van der Waals surface area contributed by atoms with E-state index >= 15 is 0 Å². The van der Waals surface area contributed by atoms with E-state index in [0.717, 1.165) is 32.6 Å². The van der Waals surface area contributed by atoms with Gasteiger partial charge < -0.3 is 71.4 Å². The van der Waals surface area contributed by atoms with Crippen molar-refractivity contribution in [2.24, 2.45) is 0 Å². The zero-order valence-corrected chi connectivity index (χ0v) is 48.9. The van der Waals surface area contributed by atoms with Crippen LogP contribution in [0.15, 0.2) is 66.7 Å². The summed E-state index contributed by atoms with van der Waals surface area (Å²) in [6.07, 6.45) is 1.29. The highest BCUT2D eigenvalue weighted by Crippen LogP contribution is 2.59. The van der Waals surface area contributed by atoms with Gasteiger partial charge in [-0.2, -0.15) is 0 Å². The molecule has 4 aromatic carbocycles. The molecule has 0 saturated carbocycles. The highest BCUT2D eigenvalue weighted by Gasteiger charge is 2.56. The van der Waals surface area contributed by atoms with E-state index in [1.165, 1.54) is 23.1 Å². The molecule has 1 heterocycles. The number of aryl methyl sites for hydroxylation is 1. The van der Waals surface area contributed by atoms with Crippen LogP contribution in [0.4, 0.5) is 11.4 Å². The first-order valence-electron chi connectivity index (χ1n) is 27.0. The molecule has 26 nitrogen and oxygen atoms in total. The summed E-state index contributed by atoms with van der Waals surface area (Å²) in [7, 11) is 0.